The quantitative estimate of drug-likeness (QED) is 0.302. The molecular formula is C23H32BN3O6. The van der Waals surface area contributed by atoms with Crippen LogP contribution in [0, 0.1) is 29.6 Å². The van der Waals surface area contributed by atoms with E-state index in [4.69, 9.17) is 17.3 Å². The fourth-order valence-corrected chi connectivity index (χ4v) is 4.83. The van der Waals surface area contributed by atoms with Gasteiger partial charge in [-0.15, -0.1) is 11.8 Å². The smallest absolute Gasteiger partial charge is 0.407 e. The Kier molecular flexibility index (Phi) is 9.18. The van der Waals surface area contributed by atoms with Crippen LogP contribution in [0.5, 0.6) is 0 Å². The Morgan fingerprint density at radius 3 is 2.36 bits per heavy atom. The van der Waals surface area contributed by atoms with Gasteiger partial charge in [0.15, 0.2) is 7.85 Å². The first-order chi connectivity index (χ1) is 15.8. The molecule has 0 spiro atoms. The van der Waals surface area contributed by atoms with Crippen molar-refractivity contribution in [3.8, 4) is 11.8 Å². The van der Waals surface area contributed by atoms with E-state index in [9.17, 15) is 19.2 Å². The lowest BCUT2D eigenvalue weighted by Crippen LogP contribution is -2.57. The van der Waals surface area contributed by atoms with E-state index in [1.54, 1.807) is 4.90 Å². The lowest BCUT2D eigenvalue weighted by Gasteiger charge is -2.40. The molecule has 33 heavy (non-hydrogen) atoms. The summed E-state index contributed by atoms with van der Waals surface area (Å²) in [5.41, 5.74) is -0.477. The maximum atomic E-state index is 12.6. The number of hydrogen-bond acceptors (Lipinski definition) is 7. The number of fused-ring (bicyclic) bond motifs is 1. The molecule has 4 atom stereocenters. The number of nitrogens with zero attached hydrogens (tertiary/aromatic N) is 2. The van der Waals surface area contributed by atoms with Crippen LogP contribution in [0.2, 0.25) is 0 Å². The van der Waals surface area contributed by atoms with Gasteiger partial charge in [-0.25, -0.2) is 4.79 Å². The van der Waals surface area contributed by atoms with Gasteiger partial charge in [0.25, 0.3) is 0 Å². The predicted octanol–water partition coefficient (Wildman–Crippen LogP) is 0.313. The van der Waals surface area contributed by atoms with E-state index in [1.807, 2.05) is 4.90 Å². The number of carbonyl (C=O) groups is 4. The van der Waals surface area contributed by atoms with Crippen molar-refractivity contribution in [3.63, 3.8) is 0 Å². The summed E-state index contributed by atoms with van der Waals surface area (Å²) in [5.74, 6) is 7.44. The molecule has 178 valence electrons. The van der Waals surface area contributed by atoms with Crippen molar-refractivity contribution in [2.24, 2.45) is 17.8 Å². The molecule has 1 saturated carbocycles. The van der Waals surface area contributed by atoms with E-state index >= 15 is 0 Å². The molecule has 0 aromatic carbocycles. The summed E-state index contributed by atoms with van der Waals surface area (Å²) in [5, 5.41) is 2.65. The number of amides is 2. The zero-order valence-corrected chi connectivity index (χ0v) is 19.2. The van der Waals surface area contributed by atoms with Gasteiger partial charge in [-0.2, -0.15) is 0 Å². The Hall–Kier alpha value is -2.54. The first-order valence-electron chi connectivity index (χ1n) is 11.6. The third-order valence-electron chi connectivity index (χ3n) is 6.65. The highest BCUT2D eigenvalue weighted by Gasteiger charge is 2.49. The van der Waals surface area contributed by atoms with Crippen LogP contribution in [-0.4, -0.2) is 93.3 Å². The van der Waals surface area contributed by atoms with Crippen molar-refractivity contribution in [1.29, 1.82) is 0 Å². The second-order valence-corrected chi connectivity index (χ2v) is 8.93. The van der Waals surface area contributed by atoms with Crippen LogP contribution in [0.25, 0.3) is 0 Å². The highest BCUT2D eigenvalue weighted by molar-refractivity contribution is 6.58. The van der Waals surface area contributed by atoms with Gasteiger partial charge in [-0.3, -0.25) is 14.5 Å². The summed E-state index contributed by atoms with van der Waals surface area (Å²) in [6.07, 6.45) is 3.63. The van der Waals surface area contributed by atoms with Crippen LogP contribution >= 0.6 is 0 Å². The molecule has 3 rings (SSSR count). The van der Waals surface area contributed by atoms with Crippen LogP contribution in [0.15, 0.2) is 0 Å². The molecule has 0 bridgehead atoms. The van der Waals surface area contributed by atoms with E-state index in [0.717, 1.165) is 25.7 Å². The summed E-state index contributed by atoms with van der Waals surface area (Å²) >= 11 is 0. The van der Waals surface area contributed by atoms with Crippen molar-refractivity contribution in [3.05, 3.63) is 0 Å². The average Bonchev–Trinajstić information content (AvgIpc) is 3.39. The maximum Gasteiger partial charge on any atom is 0.407 e. The Bertz CT molecular complexity index is 792. The third-order valence-corrected chi connectivity index (χ3v) is 6.65. The first-order valence-corrected chi connectivity index (χ1v) is 11.6. The minimum Gasteiger partial charge on any atom is -0.464 e. The van der Waals surface area contributed by atoms with Gasteiger partial charge in [0.05, 0.1) is 18.3 Å². The van der Waals surface area contributed by atoms with E-state index in [1.165, 1.54) is 6.92 Å². The molecule has 1 heterocycles. The topological polar surface area (TPSA) is 105 Å². The largest absolute Gasteiger partial charge is 0.464 e. The van der Waals surface area contributed by atoms with Gasteiger partial charge in [0.1, 0.15) is 6.61 Å². The van der Waals surface area contributed by atoms with E-state index in [0.29, 0.717) is 44.0 Å². The second kappa shape index (κ2) is 12.1. The predicted molar refractivity (Wildman–Crippen MR) is 120 cm³/mol. The standard InChI is InChI=1S/C23H32BN3O6/c1-16(28)32-14-17-12-27(11-10-26(17)13-21(24)29)22(30)8-9-25-23(31)33-15-20-18-6-4-2-3-5-7-19(18)20/h17-20H,4-15H2,1H3,(H,25,31)/t17?,18-,19+,20?. The zero-order valence-electron chi connectivity index (χ0n) is 19.2. The monoisotopic (exact) mass is 457 g/mol. The van der Waals surface area contributed by atoms with Crippen LogP contribution in [0.4, 0.5) is 4.79 Å². The number of alkyl carbamates (subject to hydrolysis) is 1. The van der Waals surface area contributed by atoms with Crippen molar-refractivity contribution in [1.82, 2.24) is 15.1 Å². The molecule has 0 aromatic rings. The van der Waals surface area contributed by atoms with Gasteiger partial charge in [0, 0.05) is 58.9 Å². The van der Waals surface area contributed by atoms with E-state index < -0.39 is 17.7 Å². The van der Waals surface area contributed by atoms with Crippen LogP contribution < -0.4 is 5.32 Å². The van der Waals surface area contributed by atoms with Gasteiger partial charge in [0.2, 0.25) is 5.91 Å². The van der Waals surface area contributed by atoms with E-state index in [-0.39, 0.29) is 38.1 Å². The highest BCUT2D eigenvalue weighted by atomic mass is 16.5. The molecule has 3 aliphatic rings. The fourth-order valence-electron chi connectivity index (χ4n) is 4.83. The van der Waals surface area contributed by atoms with Gasteiger partial charge >= 0.3 is 12.1 Å². The molecular weight excluding hydrogens is 425 g/mol. The van der Waals surface area contributed by atoms with Crippen molar-refractivity contribution in [2.75, 3.05) is 45.9 Å². The van der Waals surface area contributed by atoms with Crippen LogP contribution in [-0.2, 0) is 23.9 Å². The number of esters is 1. The van der Waals surface area contributed by atoms with Crippen LogP contribution in [0.3, 0.4) is 0 Å². The first kappa shape index (κ1) is 25.1. The number of carbonyl (C=O) groups excluding carboxylic acids is 4. The summed E-state index contributed by atoms with van der Waals surface area (Å²) in [6, 6.07) is -0.308. The number of hydrogen-bond donors (Lipinski definition) is 1. The van der Waals surface area contributed by atoms with E-state index in [2.05, 4.69) is 17.2 Å². The molecule has 10 heteroatoms. The minimum absolute atomic E-state index is 0.0388. The number of nitrogens with one attached hydrogen (secondary N) is 1. The molecule has 2 radical (unpaired) electrons. The Balaban J connectivity index is 1.35. The normalized spacial score (nSPS) is 26.5. The third kappa shape index (κ3) is 7.78. The molecule has 0 aromatic heterocycles. The lowest BCUT2D eigenvalue weighted by molar-refractivity contribution is -0.144. The Morgan fingerprint density at radius 1 is 1.03 bits per heavy atom. The highest BCUT2D eigenvalue weighted by Crippen LogP contribution is 2.52. The molecule has 2 aliphatic carbocycles. The number of piperazine rings is 1. The SMILES string of the molecule is [B]C(=O)CN1CCN(C(=O)CCNC(=O)OCC2[C@H]3CCC#CCC[C@@H]23)CC1COC(C)=O. The molecule has 1 N–H and O–H groups in total. The number of ether oxygens (including phenoxy) is 2. The van der Waals surface area contributed by atoms with Gasteiger partial charge in [-0.1, -0.05) is 0 Å². The minimum atomic E-state index is -0.502. The molecule has 1 saturated heterocycles. The molecule has 2 amide bonds. The van der Waals surface area contributed by atoms with Gasteiger partial charge in [-0.05, 0) is 30.6 Å². The Labute approximate surface area is 196 Å². The summed E-state index contributed by atoms with van der Waals surface area (Å²) in [4.78, 5) is 50.6. The zero-order chi connectivity index (χ0) is 23.8. The summed E-state index contributed by atoms with van der Waals surface area (Å²) in [6.45, 7) is 3.21. The van der Waals surface area contributed by atoms with Gasteiger partial charge < -0.3 is 24.5 Å². The second-order valence-electron chi connectivity index (χ2n) is 8.93. The summed E-state index contributed by atoms with van der Waals surface area (Å²) < 4.78 is 10.5. The fraction of sp³-hybridized carbons (Fsp3) is 0.739. The lowest BCUT2D eigenvalue weighted by atomic mass is 10.0. The Morgan fingerprint density at radius 2 is 1.73 bits per heavy atom. The molecule has 2 fully saturated rings. The molecule has 1 aliphatic heterocycles. The average molecular weight is 457 g/mol. The molecule has 2 unspecified atom stereocenters. The summed E-state index contributed by atoms with van der Waals surface area (Å²) in [7, 11) is 5.30. The number of rotatable bonds is 9. The van der Waals surface area contributed by atoms with Crippen molar-refractivity contribution < 1.29 is 28.7 Å². The van der Waals surface area contributed by atoms with Crippen molar-refractivity contribution in [2.45, 2.75) is 45.1 Å². The van der Waals surface area contributed by atoms with Crippen LogP contribution in [0.1, 0.15) is 39.0 Å². The van der Waals surface area contributed by atoms with Crippen molar-refractivity contribution >= 4 is 31.5 Å². The molecule has 9 nitrogen and oxygen atoms in total. The maximum absolute atomic E-state index is 12.6.